The summed E-state index contributed by atoms with van der Waals surface area (Å²) in [6, 6.07) is 5.38. The summed E-state index contributed by atoms with van der Waals surface area (Å²) in [5.74, 6) is 0.241. The van der Waals surface area contributed by atoms with Gasteiger partial charge >= 0.3 is 6.18 Å². The zero-order chi connectivity index (χ0) is 24.0. The molecule has 34 heavy (non-hydrogen) atoms. The zero-order valence-corrected chi connectivity index (χ0v) is 17.9. The Labute approximate surface area is 190 Å². The van der Waals surface area contributed by atoms with Crippen molar-refractivity contribution in [2.24, 2.45) is 0 Å². The molecule has 174 valence electrons. The number of Topliss-reactive ketones (excluding diaryl/α,β-unsaturated/α-hetero) is 1. The van der Waals surface area contributed by atoms with E-state index in [4.69, 9.17) is 0 Å². The number of nitrogens with one attached hydrogen (secondary N) is 1. The van der Waals surface area contributed by atoms with Crippen molar-refractivity contribution in [3.63, 3.8) is 0 Å². The minimum atomic E-state index is -4.58. The molecule has 1 N–H and O–H groups in total. The predicted molar refractivity (Wildman–Crippen MR) is 115 cm³/mol. The lowest BCUT2D eigenvalue weighted by Gasteiger charge is -2.29. The van der Waals surface area contributed by atoms with Crippen LogP contribution >= 0.6 is 0 Å². The van der Waals surface area contributed by atoms with Gasteiger partial charge in [-0.25, -0.2) is 9.97 Å². The second-order valence-corrected chi connectivity index (χ2v) is 8.02. The molecule has 0 saturated heterocycles. The number of aromatic nitrogens is 6. The standard InChI is InChI=1S/C22H18F3N7O2/c1-12-6-19-29-14(7-17(33)13-2-3-18(26-9-13)22(23,24)25)8-20(32(19)30-12)31-5-4-16-15(10-31)21(34)28-11-27-16/h2-3,6,8-9,11H,4-5,7,10H2,1H3,(H,27,28,34). The second kappa shape index (κ2) is 8.04. The van der Waals surface area contributed by atoms with Crippen molar-refractivity contribution in [2.75, 3.05) is 11.4 Å². The Hall–Kier alpha value is -4.09. The van der Waals surface area contributed by atoms with Crippen molar-refractivity contribution in [3.05, 3.63) is 81.0 Å². The third kappa shape index (κ3) is 4.02. The van der Waals surface area contributed by atoms with E-state index < -0.39 is 17.7 Å². The van der Waals surface area contributed by atoms with Crippen LogP contribution in [0.5, 0.6) is 0 Å². The first-order chi connectivity index (χ1) is 16.2. The van der Waals surface area contributed by atoms with Gasteiger partial charge in [-0.3, -0.25) is 14.6 Å². The number of hydrogen-bond acceptors (Lipinski definition) is 7. The Kier molecular flexibility index (Phi) is 5.14. The maximum absolute atomic E-state index is 12.8. The van der Waals surface area contributed by atoms with Gasteiger partial charge in [-0.1, -0.05) is 0 Å². The van der Waals surface area contributed by atoms with Gasteiger partial charge < -0.3 is 9.88 Å². The number of aromatic amines is 1. The van der Waals surface area contributed by atoms with E-state index in [1.54, 1.807) is 16.6 Å². The van der Waals surface area contributed by atoms with Gasteiger partial charge in [0.05, 0.1) is 41.9 Å². The summed E-state index contributed by atoms with van der Waals surface area (Å²) in [5.41, 5.74) is 1.78. The molecule has 1 aliphatic rings. The lowest BCUT2D eigenvalue weighted by molar-refractivity contribution is -0.141. The highest BCUT2D eigenvalue weighted by molar-refractivity contribution is 5.97. The highest BCUT2D eigenvalue weighted by Gasteiger charge is 2.32. The zero-order valence-electron chi connectivity index (χ0n) is 17.9. The predicted octanol–water partition coefficient (Wildman–Crippen LogP) is 2.52. The summed E-state index contributed by atoms with van der Waals surface area (Å²) in [6.45, 7) is 2.71. The van der Waals surface area contributed by atoms with Crippen molar-refractivity contribution in [3.8, 4) is 0 Å². The van der Waals surface area contributed by atoms with E-state index in [1.165, 1.54) is 6.33 Å². The van der Waals surface area contributed by atoms with Gasteiger partial charge in [0.15, 0.2) is 11.4 Å². The quantitative estimate of drug-likeness (QED) is 0.458. The second-order valence-electron chi connectivity index (χ2n) is 8.02. The third-order valence-corrected chi connectivity index (χ3v) is 5.63. The van der Waals surface area contributed by atoms with Gasteiger partial charge in [-0.2, -0.15) is 22.8 Å². The van der Waals surface area contributed by atoms with Crippen LogP contribution in [0.4, 0.5) is 19.0 Å². The van der Waals surface area contributed by atoms with Crippen molar-refractivity contribution in [1.29, 1.82) is 0 Å². The van der Waals surface area contributed by atoms with Gasteiger partial charge in [0.1, 0.15) is 11.5 Å². The molecule has 0 saturated carbocycles. The maximum atomic E-state index is 12.8. The topological polar surface area (TPSA) is 109 Å². The van der Waals surface area contributed by atoms with Gasteiger partial charge in [0.2, 0.25) is 0 Å². The van der Waals surface area contributed by atoms with Gasteiger partial charge in [-0.05, 0) is 19.1 Å². The molecule has 4 aromatic rings. The average molecular weight is 469 g/mol. The van der Waals surface area contributed by atoms with Gasteiger partial charge in [0.25, 0.3) is 5.56 Å². The van der Waals surface area contributed by atoms with Crippen LogP contribution in [0.2, 0.25) is 0 Å². The fraction of sp³-hybridized carbons (Fsp3) is 0.273. The number of anilines is 1. The molecule has 9 nitrogen and oxygen atoms in total. The van der Waals surface area contributed by atoms with Crippen LogP contribution in [-0.4, -0.2) is 41.9 Å². The van der Waals surface area contributed by atoms with Crippen LogP contribution in [0, 0.1) is 6.92 Å². The minimum Gasteiger partial charge on any atom is -0.351 e. The fourth-order valence-corrected chi connectivity index (χ4v) is 3.98. The van der Waals surface area contributed by atoms with Crippen LogP contribution in [0.3, 0.4) is 0 Å². The number of fused-ring (bicyclic) bond motifs is 2. The number of alkyl halides is 3. The maximum Gasteiger partial charge on any atom is 0.433 e. The molecule has 0 fully saturated rings. The Morgan fingerprint density at radius 1 is 1.21 bits per heavy atom. The monoisotopic (exact) mass is 469 g/mol. The number of halogens is 3. The van der Waals surface area contributed by atoms with E-state index in [9.17, 15) is 22.8 Å². The van der Waals surface area contributed by atoms with E-state index in [2.05, 4.69) is 25.0 Å². The molecule has 4 aromatic heterocycles. The molecule has 5 rings (SSSR count). The summed E-state index contributed by atoms with van der Waals surface area (Å²) >= 11 is 0. The average Bonchev–Trinajstić information content (AvgIpc) is 3.18. The lowest BCUT2D eigenvalue weighted by atomic mass is 10.1. The van der Waals surface area contributed by atoms with Crippen molar-refractivity contribution in [2.45, 2.75) is 32.5 Å². The first-order valence-corrected chi connectivity index (χ1v) is 10.4. The molecule has 0 aliphatic carbocycles. The van der Waals surface area contributed by atoms with Crippen LogP contribution in [0.15, 0.2) is 41.6 Å². The summed E-state index contributed by atoms with van der Waals surface area (Å²) < 4.78 is 39.9. The van der Waals surface area contributed by atoms with Crippen LogP contribution in [-0.2, 0) is 25.6 Å². The summed E-state index contributed by atoms with van der Waals surface area (Å²) in [7, 11) is 0. The van der Waals surface area contributed by atoms with E-state index in [-0.39, 0.29) is 17.5 Å². The van der Waals surface area contributed by atoms with Gasteiger partial charge in [0, 0.05) is 36.9 Å². The molecule has 0 radical (unpaired) electrons. The summed E-state index contributed by atoms with van der Waals surface area (Å²) in [4.78, 5) is 41.7. The number of nitrogens with zero attached hydrogens (tertiary/aromatic N) is 6. The molecular weight excluding hydrogens is 451 g/mol. The number of aryl methyl sites for hydroxylation is 1. The van der Waals surface area contributed by atoms with E-state index >= 15 is 0 Å². The molecule has 0 aromatic carbocycles. The summed E-state index contributed by atoms with van der Waals surface area (Å²) in [5, 5.41) is 4.49. The van der Waals surface area contributed by atoms with Crippen LogP contribution in [0.25, 0.3) is 5.65 Å². The number of pyridine rings is 1. The van der Waals surface area contributed by atoms with Crippen molar-refractivity contribution < 1.29 is 18.0 Å². The van der Waals surface area contributed by atoms with E-state index in [0.717, 1.165) is 29.7 Å². The number of ketones is 1. The molecule has 5 heterocycles. The number of rotatable bonds is 4. The molecule has 0 unspecified atom stereocenters. The number of hydrogen-bond donors (Lipinski definition) is 1. The lowest BCUT2D eigenvalue weighted by Crippen LogP contribution is -2.36. The van der Waals surface area contributed by atoms with E-state index in [1.807, 2.05) is 11.8 Å². The highest BCUT2D eigenvalue weighted by atomic mass is 19.4. The minimum absolute atomic E-state index is 0.0606. The third-order valence-electron chi connectivity index (χ3n) is 5.63. The Balaban J connectivity index is 1.47. The van der Waals surface area contributed by atoms with E-state index in [0.29, 0.717) is 42.2 Å². The fourth-order valence-electron chi connectivity index (χ4n) is 3.98. The van der Waals surface area contributed by atoms with Crippen LogP contribution < -0.4 is 10.5 Å². The van der Waals surface area contributed by atoms with Gasteiger partial charge in [-0.15, -0.1) is 0 Å². The molecule has 0 atom stereocenters. The first-order valence-electron chi connectivity index (χ1n) is 10.4. The number of carbonyl (C=O) groups excluding carboxylic acids is 1. The Morgan fingerprint density at radius 2 is 2.03 bits per heavy atom. The largest absolute Gasteiger partial charge is 0.433 e. The highest BCUT2D eigenvalue weighted by Crippen LogP contribution is 2.28. The molecule has 1 aliphatic heterocycles. The molecular formula is C22H18F3N7O2. The smallest absolute Gasteiger partial charge is 0.351 e. The van der Waals surface area contributed by atoms with Crippen LogP contribution in [0.1, 0.15) is 38.7 Å². The van der Waals surface area contributed by atoms with Crippen molar-refractivity contribution >= 4 is 17.2 Å². The molecule has 12 heteroatoms. The Morgan fingerprint density at radius 3 is 2.76 bits per heavy atom. The molecule has 0 spiro atoms. The SMILES string of the molecule is Cc1cc2nc(CC(=O)c3ccc(C(F)(F)F)nc3)cc(N3CCc4nc[nH]c(=O)c4C3)n2n1. The number of H-pyrrole nitrogens is 1. The molecule has 0 amide bonds. The number of carbonyl (C=O) groups is 1. The molecule has 0 bridgehead atoms. The Bertz CT molecular complexity index is 1460. The summed E-state index contributed by atoms with van der Waals surface area (Å²) in [6.07, 6.45) is -1.83. The first kappa shape index (κ1) is 21.7. The normalized spacial score (nSPS) is 13.8. The van der Waals surface area contributed by atoms with Crippen molar-refractivity contribution in [1.82, 2.24) is 29.5 Å².